The number of carboxylic acid groups (broad SMARTS) is 1. The third kappa shape index (κ3) is 4.86. The van der Waals surface area contributed by atoms with E-state index < -0.39 is 46.5 Å². The number of nitrogens with one attached hydrogen (secondary N) is 2. The van der Waals surface area contributed by atoms with Crippen LogP contribution in [0.5, 0.6) is 6.01 Å². The summed E-state index contributed by atoms with van der Waals surface area (Å²) in [6.45, 7) is 3.72. The molecule has 7 rings (SSSR count). The summed E-state index contributed by atoms with van der Waals surface area (Å²) in [4.78, 5) is 32.4. The smallest absolute Gasteiger partial charge is 0.410 e. The van der Waals surface area contributed by atoms with Crippen molar-refractivity contribution in [2.45, 2.75) is 31.0 Å². The highest BCUT2D eigenvalue weighted by atomic mass is 32.1. The van der Waals surface area contributed by atoms with Crippen molar-refractivity contribution >= 4 is 49.5 Å². The van der Waals surface area contributed by atoms with Gasteiger partial charge in [-0.25, -0.2) is 27.3 Å². The second-order valence-electron chi connectivity index (χ2n) is 11.0. The Balaban J connectivity index is 1.35. The largest absolute Gasteiger partial charge is 0.465 e. The van der Waals surface area contributed by atoms with E-state index in [9.17, 15) is 13.6 Å². The zero-order valence-electron chi connectivity index (χ0n) is 22.7. The molecule has 226 valence electrons. The number of aromatic nitrogens is 4. The third-order valence-corrected chi connectivity index (χ3v) is 9.29. The van der Waals surface area contributed by atoms with Gasteiger partial charge >= 0.3 is 12.1 Å². The van der Waals surface area contributed by atoms with Crippen molar-refractivity contribution in [3.63, 3.8) is 0 Å². The van der Waals surface area contributed by atoms with E-state index in [0.717, 1.165) is 19.4 Å². The molecule has 4 aromatic rings. The van der Waals surface area contributed by atoms with Gasteiger partial charge in [-0.1, -0.05) is 11.3 Å². The number of ether oxygens (including phenoxy) is 1. The second-order valence-corrected chi connectivity index (χ2v) is 12.0. The lowest BCUT2D eigenvalue weighted by molar-refractivity contribution is 0.107. The van der Waals surface area contributed by atoms with Gasteiger partial charge in [-0.05, 0) is 19.4 Å². The van der Waals surface area contributed by atoms with Gasteiger partial charge in [0.15, 0.2) is 10.9 Å². The molecule has 3 aliphatic rings. The first kappa shape index (κ1) is 27.9. The number of piperazine rings is 1. The van der Waals surface area contributed by atoms with Crippen LogP contribution in [0.2, 0.25) is 0 Å². The number of hydrogen-bond acceptors (Lipinski definition) is 10. The summed E-state index contributed by atoms with van der Waals surface area (Å²) in [6.07, 6.45) is 0.945. The van der Waals surface area contributed by atoms with E-state index in [-0.39, 0.29) is 38.9 Å². The van der Waals surface area contributed by atoms with Crippen LogP contribution in [0, 0.1) is 17.5 Å². The van der Waals surface area contributed by atoms with E-state index in [4.69, 9.17) is 9.84 Å². The highest BCUT2D eigenvalue weighted by Crippen LogP contribution is 2.42. The van der Waals surface area contributed by atoms with Crippen LogP contribution in [0.1, 0.15) is 19.3 Å². The average Bonchev–Trinajstić information content (AvgIpc) is 3.65. The van der Waals surface area contributed by atoms with Gasteiger partial charge in [0.25, 0.3) is 0 Å². The number of hydrogen-bond donors (Lipinski definition) is 3. The highest BCUT2D eigenvalue weighted by Gasteiger charge is 2.49. The molecule has 3 fully saturated rings. The van der Waals surface area contributed by atoms with E-state index >= 15 is 8.78 Å². The van der Waals surface area contributed by atoms with Crippen LogP contribution in [0.15, 0.2) is 12.3 Å². The van der Waals surface area contributed by atoms with E-state index in [0.29, 0.717) is 62.4 Å². The molecule has 11 nitrogen and oxygen atoms in total. The first-order valence-corrected chi connectivity index (χ1v) is 14.7. The normalized spacial score (nSPS) is 22.4. The van der Waals surface area contributed by atoms with Gasteiger partial charge in [-0.15, -0.1) is 0 Å². The Morgan fingerprint density at radius 3 is 2.77 bits per heavy atom. The monoisotopic (exact) mass is 618 g/mol. The van der Waals surface area contributed by atoms with Crippen molar-refractivity contribution in [3.8, 4) is 17.3 Å². The first-order valence-electron chi connectivity index (χ1n) is 13.8. The van der Waals surface area contributed by atoms with Gasteiger partial charge < -0.3 is 20.1 Å². The molecule has 43 heavy (non-hydrogen) atoms. The van der Waals surface area contributed by atoms with Crippen LogP contribution < -0.4 is 20.3 Å². The number of rotatable bonds is 6. The van der Waals surface area contributed by atoms with Crippen molar-refractivity contribution in [2.75, 3.05) is 56.1 Å². The van der Waals surface area contributed by atoms with Crippen molar-refractivity contribution in [2.24, 2.45) is 0 Å². The molecule has 3 N–H and O–H groups in total. The van der Waals surface area contributed by atoms with E-state index in [1.165, 1.54) is 6.20 Å². The van der Waals surface area contributed by atoms with Crippen LogP contribution in [0.4, 0.5) is 33.3 Å². The molecule has 1 aromatic carbocycles. The maximum absolute atomic E-state index is 16.4. The molecule has 0 spiro atoms. The van der Waals surface area contributed by atoms with Crippen LogP contribution in [-0.4, -0.2) is 93.6 Å². The summed E-state index contributed by atoms with van der Waals surface area (Å²) in [5.74, 6) is -2.71. The van der Waals surface area contributed by atoms with E-state index in [1.807, 2.05) is 10.2 Å². The summed E-state index contributed by atoms with van der Waals surface area (Å²) in [6, 6.07) is 0.477. The molecule has 6 heterocycles. The number of thiazole rings is 1. The molecule has 2 atom stereocenters. The molecule has 1 amide bonds. The molecule has 3 aliphatic heterocycles. The number of pyridine rings is 1. The molecule has 3 saturated heterocycles. The predicted octanol–water partition coefficient (Wildman–Crippen LogP) is 4.17. The number of amides is 1. The van der Waals surface area contributed by atoms with Gasteiger partial charge in [0.2, 0.25) is 0 Å². The fourth-order valence-electron chi connectivity index (χ4n) is 6.41. The molecule has 0 radical (unpaired) electrons. The number of alkyl halides is 1. The minimum absolute atomic E-state index is 0.105. The molecule has 0 unspecified atom stereocenters. The van der Waals surface area contributed by atoms with E-state index in [1.54, 1.807) is 0 Å². The first-order chi connectivity index (χ1) is 20.7. The second kappa shape index (κ2) is 10.7. The third-order valence-electron chi connectivity index (χ3n) is 8.31. The fourth-order valence-corrected chi connectivity index (χ4v) is 7.28. The molecule has 16 heteroatoms. The summed E-state index contributed by atoms with van der Waals surface area (Å²) in [7, 11) is 0. The number of fused-ring (bicyclic) bond motifs is 3. The van der Waals surface area contributed by atoms with Gasteiger partial charge in [0.05, 0.1) is 26.7 Å². The van der Waals surface area contributed by atoms with Crippen molar-refractivity contribution < 1.29 is 32.2 Å². The number of halogens is 4. The fraction of sp³-hybridized carbons (Fsp3) is 0.444. The van der Waals surface area contributed by atoms with Gasteiger partial charge in [0, 0.05) is 51.4 Å². The van der Waals surface area contributed by atoms with E-state index in [2.05, 4.69) is 30.2 Å². The lowest BCUT2D eigenvalue weighted by Gasteiger charge is -2.31. The summed E-state index contributed by atoms with van der Waals surface area (Å²) >= 11 is 0.645. The van der Waals surface area contributed by atoms with Crippen molar-refractivity contribution in [1.29, 1.82) is 0 Å². The number of nitrogens with zero attached hydrogens (tertiary/aromatic N) is 6. The summed E-state index contributed by atoms with van der Waals surface area (Å²) in [5, 5.41) is 14.4. The lowest BCUT2D eigenvalue weighted by Crippen LogP contribution is -2.44. The molecule has 0 aliphatic carbocycles. The minimum atomic E-state index is -1.44. The molecular weight excluding hydrogens is 592 g/mol. The lowest BCUT2D eigenvalue weighted by atomic mass is 9.95. The predicted molar refractivity (Wildman–Crippen MR) is 151 cm³/mol. The SMILES string of the molecule is O=C(O)Nc1nc2c(-c3ncc4c(N5CCNCC5)nc(OC[C@@]56CCCN5C[C@H](F)C6)nc4c3F)c(F)cc(F)c2s1. The Bertz CT molecular complexity index is 1750. The molecule has 0 saturated carbocycles. The summed E-state index contributed by atoms with van der Waals surface area (Å²) in [5.41, 5.74) is -1.86. The molecular formula is C27H26F4N8O3S. The number of anilines is 2. The Morgan fingerprint density at radius 2 is 1.98 bits per heavy atom. The number of benzene rings is 1. The highest BCUT2D eigenvalue weighted by molar-refractivity contribution is 7.22. The van der Waals surface area contributed by atoms with Crippen LogP contribution >= 0.6 is 11.3 Å². The van der Waals surface area contributed by atoms with Crippen LogP contribution in [-0.2, 0) is 0 Å². The van der Waals surface area contributed by atoms with Gasteiger partial charge in [-0.3, -0.25) is 15.2 Å². The Kier molecular flexibility index (Phi) is 6.93. The van der Waals surface area contributed by atoms with Gasteiger partial charge in [0.1, 0.15) is 41.4 Å². The van der Waals surface area contributed by atoms with Crippen LogP contribution in [0.25, 0.3) is 32.4 Å². The summed E-state index contributed by atoms with van der Waals surface area (Å²) < 4.78 is 66.6. The zero-order chi connectivity index (χ0) is 29.9. The zero-order valence-corrected chi connectivity index (χ0v) is 23.5. The Hall–Kier alpha value is -3.89. The topological polar surface area (TPSA) is 129 Å². The average molecular weight is 619 g/mol. The molecule has 3 aromatic heterocycles. The Labute approximate surface area is 245 Å². The minimum Gasteiger partial charge on any atom is -0.465 e. The van der Waals surface area contributed by atoms with Crippen LogP contribution in [0.3, 0.4) is 0 Å². The number of carbonyl (C=O) groups is 1. The standard InChI is InChI=1S/C27H26F4N8O3S/c28-13-9-27(2-1-5-39(27)11-13)12-42-24-34-19-14(23(36-24)38-6-3-32-4-7-38)10-33-20(18(19)31)17-15(29)8-16(30)22-21(17)35-25(43-22)37-26(40)41/h8,10,13,32H,1-7,9,11-12H2,(H,35,37)(H,40,41)/t13-,27+/m1/s1. The van der Waals surface area contributed by atoms with Gasteiger partial charge in [-0.2, -0.15) is 9.97 Å². The quantitative estimate of drug-likeness (QED) is 0.271. The maximum Gasteiger partial charge on any atom is 0.410 e. The van der Waals surface area contributed by atoms with Crippen molar-refractivity contribution in [1.82, 2.24) is 30.2 Å². The maximum atomic E-state index is 16.4. The Morgan fingerprint density at radius 1 is 1.16 bits per heavy atom. The molecule has 0 bridgehead atoms. The van der Waals surface area contributed by atoms with Crippen molar-refractivity contribution in [3.05, 3.63) is 29.7 Å².